The number of nitrogens with one attached hydrogen (secondary N) is 1. The van der Waals surface area contributed by atoms with Gasteiger partial charge in [-0.05, 0) is 31.0 Å². The first-order chi connectivity index (χ1) is 8.19. The fraction of sp³-hybridized carbons (Fsp3) is 0.308. The first-order valence-electron chi connectivity index (χ1n) is 5.65. The van der Waals surface area contributed by atoms with Crippen LogP contribution in [0.15, 0.2) is 29.6 Å². The summed E-state index contributed by atoms with van der Waals surface area (Å²) in [6, 6.07) is 8.13. The van der Waals surface area contributed by atoms with Gasteiger partial charge in [0.25, 0.3) is 0 Å². The summed E-state index contributed by atoms with van der Waals surface area (Å²) in [5.41, 5.74) is 2.35. The highest BCUT2D eigenvalue weighted by Gasteiger charge is 2.07. The van der Waals surface area contributed by atoms with E-state index >= 15 is 0 Å². The average Bonchev–Trinajstić information content (AvgIpc) is 2.77. The van der Waals surface area contributed by atoms with Crippen molar-refractivity contribution in [3.05, 3.63) is 45.9 Å². The van der Waals surface area contributed by atoms with Gasteiger partial charge in [-0.15, -0.1) is 11.3 Å². The molecule has 0 saturated carbocycles. The molecular formula is C13H15ClN2S. The van der Waals surface area contributed by atoms with Crippen LogP contribution >= 0.6 is 22.9 Å². The molecule has 0 amide bonds. The summed E-state index contributed by atoms with van der Waals surface area (Å²) in [5.74, 6) is 0. The molecule has 0 radical (unpaired) electrons. The predicted molar refractivity (Wildman–Crippen MR) is 75.0 cm³/mol. The fourth-order valence-electron chi connectivity index (χ4n) is 1.56. The van der Waals surface area contributed by atoms with Crippen LogP contribution in [0, 0.1) is 0 Å². The molecule has 0 fully saturated rings. The maximum atomic E-state index is 5.87. The van der Waals surface area contributed by atoms with Crippen LogP contribution in [0.1, 0.15) is 31.1 Å². The summed E-state index contributed by atoms with van der Waals surface area (Å²) in [4.78, 5) is 4.49. The van der Waals surface area contributed by atoms with Crippen molar-refractivity contribution in [2.45, 2.75) is 26.3 Å². The molecule has 0 aliphatic heterocycles. The molecule has 1 unspecified atom stereocenters. The number of nitrogens with zero attached hydrogens (tertiary/aromatic N) is 1. The van der Waals surface area contributed by atoms with Crippen molar-refractivity contribution in [1.29, 1.82) is 0 Å². The molecule has 0 aliphatic rings. The van der Waals surface area contributed by atoms with Crippen LogP contribution in [0.3, 0.4) is 0 Å². The molecule has 1 aromatic carbocycles. The molecule has 0 spiro atoms. The number of hydrogen-bond donors (Lipinski definition) is 1. The zero-order chi connectivity index (χ0) is 12.3. The SMILES string of the molecule is CCc1csc(NC(C)c2ccc(Cl)cc2)n1. The third kappa shape index (κ3) is 3.20. The van der Waals surface area contributed by atoms with Gasteiger partial charge in [0.15, 0.2) is 5.13 Å². The second kappa shape index (κ2) is 5.52. The Morgan fingerprint density at radius 2 is 2.06 bits per heavy atom. The molecular weight excluding hydrogens is 252 g/mol. The first kappa shape index (κ1) is 12.4. The Balaban J connectivity index is 2.05. The number of aryl methyl sites for hydroxylation is 1. The van der Waals surface area contributed by atoms with Gasteiger partial charge in [0.1, 0.15) is 0 Å². The number of thiazole rings is 1. The normalized spacial score (nSPS) is 12.4. The van der Waals surface area contributed by atoms with E-state index in [1.54, 1.807) is 11.3 Å². The fourth-order valence-corrected chi connectivity index (χ4v) is 2.56. The Bertz CT molecular complexity index is 478. The van der Waals surface area contributed by atoms with Gasteiger partial charge in [0.05, 0.1) is 11.7 Å². The Morgan fingerprint density at radius 3 is 2.65 bits per heavy atom. The molecule has 4 heteroatoms. The highest BCUT2D eigenvalue weighted by Crippen LogP contribution is 2.23. The molecule has 17 heavy (non-hydrogen) atoms. The first-order valence-corrected chi connectivity index (χ1v) is 6.91. The molecule has 90 valence electrons. The van der Waals surface area contributed by atoms with Gasteiger partial charge in [-0.25, -0.2) is 4.98 Å². The average molecular weight is 267 g/mol. The van der Waals surface area contributed by atoms with Crippen molar-refractivity contribution in [3.8, 4) is 0 Å². The lowest BCUT2D eigenvalue weighted by atomic mass is 10.1. The van der Waals surface area contributed by atoms with E-state index in [0.29, 0.717) is 0 Å². The molecule has 1 aromatic heterocycles. The summed E-state index contributed by atoms with van der Waals surface area (Å²) >= 11 is 7.52. The third-order valence-corrected chi connectivity index (χ3v) is 3.70. The van der Waals surface area contributed by atoms with Crippen LogP contribution < -0.4 is 5.32 Å². The number of halogens is 1. The lowest BCUT2D eigenvalue weighted by Crippen LogP contribution is -2.06. The van der Waals surface area contributed by atoms with E-state index in [4.69, 9.17) is 11.6 Å². The van der Waals surface area contributed by atoms with E-state index in [1.807, 2.05) is 24.3 Å². The monoisotopic (exact) mass is 266 g/mol. The number of hydrogen-bond acceptors (Lipinski definition) is 3. The second-order valence-electron chi connectivity index (χ2n) is 3.92. The van der Waals surface area contributed by atoms with E-state index in [2.05, 4.69) is 29.5 Å². The zero-order valence-electron chi connectivity index (χ0n) is 9.90. The van der Waals surface area contributed by atoms with Gasteiger partial charge in [-0.1, -0.05) is 30.7 Å². The predicted octanol–water partition coefficient (Wildman–Crippen LogP) is 4.53. The minimum atomic E-state index is 0.239. The van der Waals surface area contributed by atoms with Crippen LogP contribution in [0.4, 0.5) is 5.13 Å². The Hall–Kier alpha value is -1.06. The van der Waals surface area contributed by atoms with E-state index in [-0.39, 0.29) is 6.04 Å². The quantitative estimate of drug-likeness (QED) is 0.879. The Morgan fingerprint density at radius 1 is 1.35 bits per heavy atom. The van der Waals surface area contributed by atoms with Crippen molar-refractivity contribution in [2.24, 2.45) is 0 Å². The van der Waals surface area contributed by atoms with Crippen LogP contribution in [0.25, 0.3) is 0 Å². The van der Waals surface area contributed by atoms with Gasteiger partial charge < -0.3 is 5.32 Å². The molecule has 0 saturated heterocycles. The molecule has 1 heterocycles. The van der Waals surface area contributed by atoms with Gasteiger partial charge >= 0.3 is 0 Å². The van der Waals surface area contributed by atoms with Gasteiger partial charge in [-0.2, -0.15) is 0 Å². The standard InChI is InChI=1S/C13H15ClN2S/c1-3-12-8-17-13(16-12)15-9(2)10-4-6-11(14)7-5-10/h4-9H,3H2,1-2H3,(H,15,16). The van der Waals surface area contributed by atoms with Crippen molar-refractivity contribution in [2.75, 3.05) is 5.32 Å². The third-order valence-electron chi connectivity index (χ3n) is 2.62. The molecule has 2 nitrogen and oxygen atoms in total. The maximum absolute atomic E-state index is 5.87. The smallest absolute Gasteiger partial charge is 0.183 e. The minimum Gasteiger partial charge on any atom is -0.355 e. The second-order valence-corrected chi connectivity index (χ2v) is 5.21. The van der Waals surface area contributed by atoms with Gasteiger partial charge in [0, 0.05) is 10.4 Å². The topological polar surface area (TPSA) is 24.9 Å². The lowest BCUT2D eigenvalue weighted by molar-refractivity contribution is 0.878. The van der Waals surface area contributed by atoms with Crippen LogP contribution in [0.2, 0.25) is 5.02 Å². The summed E-state index contributed by atoms with van der Waals surface area (Å²) in [6.07, 6.45) is 0.980. The van der Waals surface area contributed by atoms with Crippen molar-refractivity contribution < 1.29 is 0 Å². The zero-order valence-corrected chi connectivity index (χ0v) is 11.5. The van der Waals surface area contributed by atoms with Crippen LogP contribution in [-0.2, 0) is 6.42 Å². The minimum absolute atomic E-state index is 0.239. The summed E-state index contributed by atoms with van der Waals surface area (Å²) in [7, 11) is 0. The highest BCUT2D eigenvalue weighted by atomic mass is 35.5. The molecule has 2 rings (SSSR count). The van der Waals surface area contributed by atoms with Gasteiger partial charge in [0.2, 0.25) is 0 Å². The van der Waals surface area contributed by atoms with Crippen LogP contribution in [0.5, 0.6) is 0 Å². The number of benzene rings is 1. The molecule has 1 N–H and O–H groups in total. The molecule has 1 atom stereocenters. The van der Waals surface area contributed by atoms with Gasteiger partial charge in [-0.3, -0.25) is 0 Å². The molecule has 0 aliphatic carbocycles. The van der Waals surface area contributed by atoms with Crippen molar-refractivity contribution in [3.63, 3.8) is 0 Å². The largest absolute Gasteiger partial charge is 0.355 e. The number of rotatable bonds is 4. The van der Waals surface area contributed by atoms with E-state index < -0.39 is 0 Å². The molecule has 0 bridgehead atoms. The van der Waals surface area contributed by atoms with Crippen molar-refractivity contribution in [1.82, 2.24) is 4.98 Å². The van der Waals surface area contributed by atoms with E-state index in [0.717, 1.165) is 22.3 Å². The summed E-state index contributed by atoms with van der Waals surface area (Å²) < 4.78 is 0. The van der Waals surface area contributed by atoms with E-state index in [1.165, 1.54) is 5.56 Å². The Kier molecular flexibility index (Phi) is 4.02. The maximum Gasteiger partial charge on any atom is 0.183 e. The van der Waals surface area contributed by atoms with Crippen molar-refractivity contribution >= 4 is 28.1 Å². The lowest BCUT2D eigenvalue weighted by Gasteiger charge is -2.13. The summed E-state index contributed by atoms with van der Waals surface area (Å²) in [6.45, 7) is 4.23. The highest BCUT2D eigenvalue weighted by molar-refractivity contribution is 7.13. The Labute approximate surface area is 111 Å². The number of aromatic nitrogens is 1. The summed E-state index contributed by atoms with van der Waals surface area (Å²) in [5, 5.41) is 7.23. The number of anilines is 1. The molecule has 2 aromatic rings. The van der Waals surface area contributed by atoms with E-state index in [9.17, 15) is 0 Å². The van der Waals surface area contributed by atoms with Crippen LogP contribution in [-0.4, -0.2) is 4.98 Å².